The lowest BCUT2D eigenvalue weighted by molar-refractivity contribution is -0.137. The smallest absolute Gasteiger partial charge is 0.304 e. The predicted octanol–water partition coefficient (Wildman–Crippen LogP) is 5.37. The molecule has 2 aromatic rings. The number of rotatable bonds is 6. The summed E-state index contributed by atoms with van der Waals surface area (Å²) in [6, 6.07) is 18.5. The van der Waals surface area contributed by atoms with E-state index in [1.54, 1.807) is 6.92 Å². The molecule has 0 bridgehead atoms. The van der Waals surface area contributed by atoms with Crippen LogP contribution in [-0.2, 0) is 4.79 Å². The molecular weight excluding hydrogens is 336 g/mol. The highest BCUT2D eigenvalue weighted by molar-refractivity contribution is 5.69. The Morgan fingerprint density at radius 3 is 2.33 bits per heavy atom. The first-order valence-electron chi connectivity index (χ1n) is 9.61. The van der Waals surface area contributed by atoms with Crippen LogP contribution in [0.5, 0.6) is 5.75 Å². The highest BCUT2D eigenvalue weighted by Gasteiger charge is 2.23. The lowest BCUT2D eigenvalue weighted by Gasteiger charge is -2.29. The van der Waals surface area contributed by atoms with Crippen LogP contribution in [0.1, 0.15) is 62.0 Å². The first kappa shape index (κ1) is 19.0. The standard InChI is InChI=1S/C24H26O3/c1-2-6-21(17-24(25)26)20-11-15-23(16-12-20)27-22-13-9-19(10-14-22)18-7-4-3-5-8-18/h3-5,7-8,11-12,15-16,19,21-22H,9-10,13-14,17H2,1H3,(H,25,26)/t19?,21-,22?/m1/s1. The maximum absolute atomic E-state index is 11.0. The number of aliphatic carboxylic acids is 1. The van der Waals surface area contributed by atoms with Crippen LogP contribution in [0.2, 0.25) is 0 Å². The van der Waals surface area contributed by atoms with Crippen molar-refractivity contribution in [2.45, 2.75) is 57.0 Å². The summed E-state index contributed by atoms with van der Waals surface area (Å²) in [7, 11) is 0. The van der Waals surface area contributed by atoms with Crippen LogP contribution < -0.4 is 4.74 Å². The van der Waals surface area contributed by atoms with Crippen LogP contribution in [-0.4, -0.2) is 17.2 Å². The molecule has 27 heavy (non-hydrogen) atoms. The first-order valence-corrected chi connectivity index (χ1v) is 9.61. The second kappa shape index (κ2) is 9.28. The SMILES string of the molecule is CC#C[C@H](CC(=O)O)c1ccc(OC2CCC(c3ccccc3)CC2)cc1. The number of carbonyl (C=O) groups is 1. The van der Waals surface area contributed by atoms with Gasteiger partial charge in [-0.15, -0.1) is 5.92 Å². The van der Waals surface area contributed by atoms with Crippen LogP contribution in [0.15, 0.2) is 54.6 Å². The van der Waals surface area contributed by atoms with Gasteiger partial charge in [0, 0.05) is 0 Å². The summed E-state index contributed by atoms with van der Waals surface area (Å²) in [5.74, 6) is 6.18. The van der Waals surface area contributed by atoms with E-state index < -0.39 is 5.97 Å². The van der Waals surface area contributed by atoms with Crippen LogP contribution in [0.25, 0.3) is 0 Å². The van der Waals surface area contributed by atoms with E-state index in [-0.39, 0.29) is 18.4 Å². The molecule has 0 spiro atoms. The molecule has 1 N–H and O–H groups in total. The second-order valence-electron chi connectivity index (χ2n) is 7.12. The molecule has 1 aliphatic carbocycles. The normalized spacial score (nSPS) is 20.2. The minimum absolute atomic E-state index is 0.0184. The third kappa shape index (κ3) is 5.37. The van der Waals surface area contributed by atoms with Gasteiger partial charge in [-0.25, -0.2) is 0 Å². The number of hydrogen-bond acceptors (Lipinski definition) is 2. The van der Waals surface area contributed by atoms with E-state index in [0.29, 0.717) is 5.92 Å². The van der Waals surface area contributed by atoms with Gasteiger partial charge in [0.25, 0.3) is 0 Å². The van der Waals surface area contributed by atoms with Crippen LogP contribution in [0.3, 0.4) is 0 Å². The summed E-state index contributed by atoms with van der Waals surface area (Å²) in [5.41, 5.74) is 2.36. The molecule has 0 heterocycles. The van der Waals surface area contributed by atoms with Gasteiger partial charge in [0.2, 0.25) is 0 Å². The maximum Gasteiger partial charge on any atom is 0.304 e. The zero-order valence-electron chi connectivity index (χ0n) is 15.7. The maximum atomic E-state index is 11.0. The van der Waals surface area contributed by atoms with Gasteiger partial charge in [-0.1, -0.05) is 48.4 Å². The highest BCUT2D eigenvalue weighted by atomic mass is 16.5. The van der Waals surface area contributed by atoms with Gasteiger partial charge in [0.15, 0.2) is 0 Å². The van der Waals surface area contributed by atoms with Gasteiger partial charge >= 0.3 is 5.97 Å². The van der Waals surface area contributed by atoms with Gasteiger partial charge in [-0.05, 0) is 61.8 Å². The molecule has 0 unspecified atom stereocenters. The molecule has 3 heteroatoms. The van der Waals surface area contributed by atoms with Crippen LogP contribution >= 0.6 is 0 Å². The van der Waals surface area contributed by atoms with Crippen molar-refractivity contribution in [2.75, 3.05) is 0 Å². The van der Waals surface area contributed by atoms with Gasteiger partial charge in [-0.2, -0.15) is 0 Å². The molecule has 0 radical (unpaired) electrons. The number of carboxylic acids is 1. The molecule has 0 amide bonds. The van der Waals surface area contributed by atoms with Crippen molar-refractivity contribution in [3.8, 4) is 17.6 Å². The lowest BCUT2D eigenvalue weighted by Crippen LogP contribution is -2.23. The van der Waals surface area contributed by atoms with E-state index in [1.165, 1.54) is 5.56 Å². The summed E-state index contributed by atoms with van der Waals surface area (Å²) >= 11 is 0. The monoisotopic (exact) mass is 362 g/mol. The summed E-state index contributed by atoms with van der Waals surface area (Å²) in [6.45, 7) is 1.73. The summed E-state index contributed by atoms with van der Waals surface area (Å²) in [6.07, 6.45) is 4.69. The highest BCUT2D eigenvalue weighted by Crippen LogP contribution is 2.34. The van der Waals surface area contributed by atoms with Gasteiger partial charge in [-0.3, -0.25) is 4.79 Å². The molecule has 1 atom stereocenters. The van der Waals surface area contributed by atoms with Gasteiger partial charge in [0.05, 0.1) is 18.4 Å². The number of carboxylic acid groups (broad SMARTS) is 1. The Labute approximate surface area is 161 Å². The third-order valence-corrected chi connectivity index (χ3v) is 5.23. The Bertz CT molecular complexity index is 791. The Morgan fingerprint density at radius 2 is 1.74 bits per heavy atom. The van der Waals surface area contributed by atoms with Crippen molar-refractivity contribution in [3.63, 3.8) is 0 Å². The lowest BCUT2D eigenvalue weighted by atomic mass is 9.83. The van der Waals surface area contributed by atoms with E-state index in [9.17, 15) is 4.79 Å². The Kier molecular flexibility index (Phi) is 6.54. The summed E-state index contributed by atoms with van der Waals surface area (Å²) in [4.78, 5) is 11.0. The summed E-state index contributed by atoms with van der Waals surface area (Å²) in [5, 5.41) is 9.05. The predicted molar refractivity (Wildman–Crippen MR) is 107 cm³/mol. The fraction of sp³-hybridized carbons (Fsp3) is 0.375. The van der Waals surface area contributed by atoms with Gasteiger partial charge in [0.1, 0.15) is 5.75 Å². The van der Waals surface area contributed by atoms with Crippen molar-refractivity contribution in [1.82, 2.24) is 0 Å². The van der Waals surface area contributed by atoms with E-state index >= 15 is 0 Å². The van der Waals surface area contributed by atoms with Crippen LogP contribution in [0, 0.1) is 11.8 Å². The number of hydrogen-bond donors (Lipinski definition) is 1. The topological polar surface area (TPSA) is 46.5 Å². The number of benzene rings is 2. The zero-order chi connectivity index (χ0) is 19.1. The minimum Gasteiger partial charge on any atom is -0.490 e. The molecule has 140 valence electrons. The van der Waals surface area contributed by atoms with Crippen molar-refractivity contribution in [3.05, 3.63) is 65.7 Å². The molecule has 2 aromatic carbocycles. The molecule has 0 aliphatic heterocycles. The molecule has 3 nitrogen and oxygen atoms in total. The Balaban J connectivity index is 1.56. The number of ether oxygens (including phenoxy) is 1. The van der Waals surface area contributed by atoms with E-state index in [4.69, 9.17) is 9.84 Å². The van der Waals surface area contributed by atoms with Crippen molar-refractivity contribution < 1.29 is 14.6 Å². The molecule has 1 fully saturated rings. The largest absolute Gasteiger partial charge is 0.490 e. The van der Waals surface area contributed by atoms with E-state index in [0.717, 1.165) is 37.0 Å². The average molecular weight is 362 g/mol. The molecule has 3 rings (SSSR count). The molecule has 1 aliphatic rings. The van der Waals surface area contributed by atoms with Crippen LogP contribution in [0.4, 0.5) is 0 Å². The Morgan fingerprint density at radius 1 is 1.07 bits per heavy atom. The molecule has 1 saturated carbocycles. The van der Waals surface area contributed by atoms with Crippen molar-refractivity contribution in [1.29, 1.82) is 0 Å². The third-order valence-electron chi connectivity index (χ3n) is 5.23. The molecule has 0 saturated heterocycles. The molecule has 0 aromatic heterocycles. The van der Waals surface area contributed by atoms with Crippen molar-refractivity contribution >= 4 is 5.97 Å². The van der Waals surface area contributed by atoms with E-state index in [2.05, 4.69) is 42.2 Å². The Hall–Kier alpha value is -2.73. The van der Waals surface area contributed by atoms with Gasteiger partial charge < -0.3 is 9.84 Å². The fourth-order valence-electron chi connectivity index (χ4n) is 3.81. The fourth-order valence-corrected chi connectivity index (χ4v) is 3.81. The average Bonchev–Trinajstić information content (AvgIpc) is 2.69. The second-order valence-corrected chi connectivity index (χ2v) is 7.12. The first-order chi connectivity index (χ1) is 13.2. The van der Waals surface area contributed by atoms with Crippen molar-refractivity contribution in [2.24, 2.45) is 0 Å². The zero-order valence-corrected chi connectivity index (χ0v) is 15.7. The minimum atomic E-state index is -0.835. The quantitative estimate of drug-likeness (QED) is 0.702. The van der Waals surface area contributed by atoms with E-state index in [1.807, 2.05) is 24.3 Å². The molecular formula is C24H26O3. The summed E-state index contributed by atoms with van der Waals surface area (Å²) < 4.78 is 6.16.